The van der Waals surface area contributed by atoms with Crippen LogP contribution >= 0.6 is 22.9 Å². The third kappa shape index (κ3) is 4.78. The van der Waals surface area contributed by atoms with E-state index >= 15 is 0 Å². The highest BCUT2D eigenvalue weighted by Gasteiger charge is 2.44. The smallest absolute Gasteiger partial charge is 0.328 e. The zero-order valence-corrected chi connectivity index (χ0v) is 22.3. The number of benzene rings is 1. The molecule has 196 valence electrons. The van der Waals surface area contributed by atoms with Crippen molar-refractivity contribution in [2.45, 2.75) is 31.3 Å². The number of esters is 1. The molecule has 0 aliphatic carbocycles. The van der Waals surface area contributed by atoms with Gasteiger partial charge in [-0.05, 0) is 42.0 Å². The fraction of sp³-hybridized carbons (Fsp3) is 0.391. The van der Waals surface area contributed by atoms with Crippen molar-refractivity contribution in [2.24, 2.45) is 0 Å². The van der Waals surface area contributed by atoms with Crippen LogP contribution in [0.15, 0.2) is 30.6 Å². The Hall–Kier alpha value is -3.16. The number of anilines is 3. The molecule has 2 saturated heterocycles. The Bertz CT molecular complexity index is 1430. The van der Waals surface area contributed by atoms with Crippen LogP contribution in [0, 0.1) is 0 Å². The maximum Gasteiger partial charge on any atom is 0.328 e. The van der Waals surface area contributed by atoms with E-state index in [4.69, 9.17) is 22.1 Å². The first-order valence-corrected chi connectivity index (χ1v) is 14.0. The van der Waals surface area contributed by atoms with Gasteiger partial charge in [-0.2, -0.15) is 0 Å². The molecule has 0 spiro atoms. The quantitative estimate of drug-likeness (QED) is 0.310. The second-order valence-electron chi connectivity index (χ2n) is 8.84. The van der Waals surface area contributed by atoms with E-state index in [0.29, 0.717) is 26.8 Å². The van der Waals surface area contributed by atoms with Gasteiger partial charge in [0.2, 0.25) is 16.8 Å². The number of methoxy groups -OCH3 is 1. The molecule has 2 fully saturated rings. The number of thiol groups is 1. The van der Waals surface area contributed by atoms with Gasteiger partial charge in [-0.15, -0.1) is 0 Å². The summed E-state index contributed by atoms with van der Waals surface area (Å²) in [6, 6.07) is 3.30. The summed E-state index contributed by atoms with van der Waals surface area (Å²) < 4.78 is 30.7. The molecular weight excluding hydrogens is 540 g/mol. The number of fused-ring (bicyclic) bond motifs is 1. The average molecular weight is 565 g/mol. The van der Waals surface area contributed by atoms with Crippen LogP contribution in [0.3, 0.4) is 0 Å². The molecule has 2 atom stereocenters. The molecule has 2 aliphatic heterocycles. The number of nitrogens with zero attached hydrogens (tertiary/aromatic N) is 5. The SMILES string of the molecule is COC(=O)[C@@H](Cc1cc2ccnc(N)c2cc1Cl)N1CC[C@H](N(c2cnc(N3CCC3)s2)[SH](=O)=O)C1=O. The number of halogens is 1. The minimum atomic E-state index is -3.12. The molecule has 0 bridgehead atoms. The monoisotopic (exact) mass is 564 g/mol. The molecule has 4 heterocycles. The highest BCUT2D eigenvalue weighted by molar-refractivity contribution is 7.74. The second-order valence-corrected chi connectivity index (χ2v) is 11.1. The Labute approximate surface area is 223 Å². The lowest BCUT2D eigenvalue weighted by Crippen LogP contribution is -2.48. The molecule has 0 saturated carbocycles. The zero-order chi connectivity index (χ0) is 26.3. The van der Waals surface area contributed by atoms with Crippen molar-refractivity contribution in [3.63, 3.8) is 0 Å². The number of nitrogen functional groups attached to an aromatic ring is 1. The molecule has 37 heavy (non-hydrogen) atoms. The second kappa shape index (κ2) is 10.3. The third-order valence-corrected chi connectivity index (χ3v) is 9.13. The van der Waals surface area contributed by atoms with E-state index in [9.17, 15) is 18.0 Å². The Morgan fingerprint density at radius 3 is 2.78 bits per heavy atom. The topological polar surface area (TPSA) is 139 Å². The number of nitrogens with two attached hydrogens (primary N) is 1. The number of pyridine rings is 1. The Balaban J connectivity index is 1.42. The summed E-state index contributed by atoms with van der Waals surface area (Å²) in [6.45, 7) is 1.92. The molecule has 2 N–H and O–H groups in total. The molecule has 11 nitrogen and oxygen atoms in total. The molecule has 2 aliphatic rings. The van der Waals surface area contributed by atoms with Gasteiger partial charge in [-0.25, -0.2) is 27.5 Å². The lowest BCUT2D eigenvalue weighted by Gasteiger charge is -2.30. The summed E-state index contributed by atoms with van der Waals surface area (Å²) in [4.78, 5) is 38.2. The van der Waals surface area contributed by atoms with Crippen LogP contribution in [-0.4, -0.2) is 74.0 Å². The van der Waals surface area contributed by atoms with Crippen LogP contribution in [0.4, 0.5) is 16.0 Å². The van der Waals surface area contributed by atoms with Gasteiger partial charge in [0, 0.05) is 42.7 Å². The zero-order valence-electron chi connectivity index (χ0n) is 19.9. The largest absolute Gasteiger partial charge is 0.467 e. The minimum Gasteiger partial charge on any atom is -0.467 e. The van der Waals surface area contributed by atoms with Gasteiger partial charge in [-0.1, -0.05) is 22.9 Å². The molecule has 5 rings (SSSR count). The predicted molar refractivity (Wildman–Crippen MR) is 143 cm³/mol. The van der Waals surface area contributed by atoms with Gasteiger partial charge in [0.05, 0.1) is 13.3 Å². The number of carbonyl (C=O) groups excluding carboxylic acids is 2. The van der Waals surface area contributed by atoms with E-state index in [1.54, 1.807) is 24.4 Å². The fourth-order valence-electron chi connectivity index (χ4n) is 4.67. The van der Waals surface area contributed by atoms with Gasteiger partial charge in [-0.3, -0.25) is 4.79 Å². The third-order valence-electron chi connectivity index (χ3n) is 6.74. The summed E-state index contributed by atoms with van der Waals surface area (Å²) in [6.07, 6.45) is 4.43. The van der Waals surface area contributed by atoms with E-state index in [1.165, 1.54) is 29.5 Å². The molecule has 3 aromatic rings. The van der Waals surface area contributed by atoms with Gasteiger partial charge < -0.3 is 20.3 Å². The predicted octanol–water partition coefficient (Wildman–Crippen LogP) is 1.85. The molecule has 0 radical (unpaired) electrons. The summed E-state index contributed by atoms with van der Waals surface area (Å²) >= 11 is 7.75. The van der Waals surface area contributed by atoms with Crippen molar-refractivity contribution in [1.29, 1.82) is 0 Å². The average Bonchev–Trinajstić information content (AvgIpc) is 3.44. The lowest BCUT2D eigenvalue weighted by atomic mass is 10.0. The molecule has 1 aromatic carbocycles. The minimum absolute atomic E-state index is 0.0886. The molecule has 1 amide bonds. The fourth-order valence-corrected chi connectivity index (χ4v) is 6.82. The highest BCUT2D eigenvalue weighted by atomic mass is 35.5. The molecule has 2 aromatic heterocycles. The van der Waals surface area contributed by atoms with Crippen LogP contribution < -0.4 is 14.9 Å². The van der Waals surface area contributed by atoms with Gasteiger partial charge >= 0.3 is 5.97 Å². The molecule has 14 heteroatoms. The van der Waals surface area contributed by atoms with E-state index in [2.05, 4.69) is 14.9 Å². The summed E-state index contributed by atoms with van der Waals surface area (Å²) in [7, 11) is -1.87. The number of rotatable bonds is 8. The number of hydrogen-bond acceptors (Lipinski definition) is 10. The number of hydrogen-bond donors (Lipinski definition) is 2. The van der Waals surface area contributed by atoms with Crippen molar-refractivity contribution >= 4 is 72.4 Å². The van der Waals surface area contributed by atoms with Gasteiger partial charge in [0.1, 0.15) is 22.9 Å². The van der Waals surface area contributed by atoms with Crippen LogP contribution in [-0.2, 0) is 31.6 Å². The summed E-state index contributed by atoms with van der Waals surface area (Å²) in [5.41, 5.74) is 6.58. The van der Waals surface area contributed by atoms with Crippen LogP contribution in [0.5, 0.6) is 0 Å². The van der Waals surface area contributed by atoms with Crippen molar-refractivity contribution in [3.8, 4) is 0 Å². The van der Waals surface area contributed by atoms with Crippen molar-refractivity contribution in [3.05, 3.63) is 41.2 Å². The van der Waals surface area contributed by atoms with Crippen molar-refractivity contribution in [2.75, 3.05) is 41.7 Å². The Morgan fingerprint density at radius 1 is 1.32 bits per heavy atom. The first-order chi connectivity index (χ1) is 17.8. The van der Waals surface area contributed by atoms with Crippen LogP contribution in [0.25, 0.3) is 10.8 Å². The standard InChI is InChI=1S/C23H25ClN6O5S2/c1-35-22(32)18(10-14-9-13-3-5-26-20(25)15(13)11-16(14)24)29-8-4-17(21(29)31)30(37(33)34)19-12-27-23(36-19)28-6-2-7-28/h3,5,9,11-12,17-18,37H,2,4,6-8,10H2,1H3,(H2,25,26)/t17-,18+/m0/s1. The Kier molecular flexibility index (Phi) is 7.10. The number of likely N-dealkylation sites (tertiary alicyclic amines) is 1. The maximum atomic E-state index is 13.6. The van der Waals surface area contributed by atoms with Gasteiger partial charge in [0.15, 0.2) is 5.13 Å². The summed E-state index contributed by atoms with van der Waals surface area (Å²) in [5.74, 6) is -0.755. The first-order valence-electron chi connectivity index (χ1n) is 11.6. The van der Waals surface area contributed by atoms with E-state index < -0.39 is 34.9 Å². The normalized spacial score (nSPS) is 18.4. The van der Waals surface area contributed by atoms with Gasteiger partial charge in [0.25, 0.3) is 0 Å². The lowest BCUT2D eigenvalue weighted by molar-refractivity contribution is -0.151. The Morgan fingerprint density at radius 2 is 2.11 bits per heavy atom. The van der Waals surface area contributed by atoms with E-state index in [-0.39, 0.29) is 19.4 Å². The first kappa shape index (κ1) is 25.5. The summed E-state index contributed by atoms with van der Waals surface area (Å²) in [5, 5.41) is 2.94. The van der Waals surface area contributed by atoms with E-state index in [0.717, 1.165) is 34.3 Å². The molecular formula is C23H25ClN6O5S2. The maximum absolute atomic E-state index is 13.6. The molecule has 0 unspecified atom stereocenters. The van der Waals surface area contributed by atoms with Crippen molar-refractivity contribution < 1.29 is 22.7 Å². The van der Waals surface area contributed by atoms with Crippen LogP contribution in [0.1, 0.15) is 18.4 Å². The van der Waals surface area contributed by atoms with Crippen molar-refractivity contribution in [1.82, 2.24) is 14.9 Å². The number of carbonyl (C=O) groups is 2. The number of ether oxygens (including phenoxy) is 1. The number of aromatic nitrogens is 2. The number of amides is 1. The van der Waals surface area contributed by atoms with Crippen LogP contribution in [0.2, 0.25) is 5.02 Å². The number of thiazole rings is 1. The van der Waals surface area contributed by atoms with E-state index in [1.807, 2.05) is 0 Å². The highest BCUT2D eigenvalue weighted by Crippen LogP contribution is 2.36.